The normalized spacial score (nSPS) is 10.5. The molecule has 0 radical (unpaired) electrons. The summed E-state index contributed by atoms with van der Waals surface area (Å²) in [7, 11) is 0. The Morgan fingerprint density at radius 3 is 2.41 bits per heavy atom. The standard InChI is InChI=1S/C21H20FN3O2/c1-14(2)27-19-9-6-17(7-10-19)24-18-8-11-20(23-13-18)25-21(26)15-4-3-5-16(22)12-15/h3-14,24H,1-2H3,(H,23,25,26). The Balaban J connectivity index is 1.61. The monoisotopic (exact) mass is 365 g/mol. The second kappa shape index (κ2) is 8.31. The summed E-state index contributed by atoms with van der Waals surface area (Å²) in [4.78, 5) is 16.3. The lowest BCUT2D eigenvalue weighted by Gasteiger charge is -2.11. The molecule has 2 N–H and O–H groups in total. The number of aromatic nitrogens is 1. The Hall–Kier alpha value is -3.41. The number of carbonyl (C=O) groups is 1. The first-order valence-corrected chi connectivity index (χ1v) is 8.56. The van der Waals surface area contributed by atoms with E-state index in [9.17, 15) is 9.18 Å². The maximum Gasteiger partial charge on any atom is 0.256 e. The van der Waals surface area contributed by atoms with Crippen LogP contribution < -0.4 is 15.4 Å². The number of ether oxygens (including phenoxy) is 1. The van der Waals surface area contributed by atoms with E-state index in [0.717, 1.165) is 17.1 Å². The number of benzene rings is 2. The molecule has 0 saturated carbocycles. The minimum Gasteiger partial charge on any atom is -0.491 e. The minimum absolute atomic E-state index is 0.128. The minimum atomic E-state index is -0.458. The zero-order chi connectivity index (χ0) is 19.2. The second-order valence-corrected chi connectivity index (χ2v) is 6.21. The van der Waals surface area contributed by atoms with Gasteiger partial charge in [-0.05, 0) is 68.4 Å². The van der Waals surface area contributed by atoms with E-state index in [2.05, 4.69) is 15.6 Å². The molecule has 0 aliphatic carbocycles. The van der Waals surface area contributed by atoms with Crippen LogP contribution in [0.25, 0.3) is 0 Å². The number of carbonyl (C=O) groups excluding carboxylic acids is 1. The van der Waals surface area contributed by atoms with Crippen LogP contribution in [0.4, 0.5) is 21.6 Å². The number of halogens is 1. The zero-order valence-corrected chi connectivity index (χ0v) is 15.1. The van der Waals surface area contributed by atoms with Crippen LogP contribution in [-0.2, 0) is 0 Å². The molecule has 0 unspecified atom stereocenters. The van der Waals surface area contributed by atoms with Gasteiger partial charge in [-0.15, -0.1) is 0 Å². The van der Waals surface area contributed by atoms with Crippen molar-refractivity contribution < 1.29 is 13.9 Å². The van der Waals surface area contributed by atoms with Crippen LogP contribution in [-0.4, -0.2) is 17.0 Å². The number of amides is 1. The molecule has 1 heterocycles. The average Bonchev–Trinajstić information content (AvgIpc) is 2.64. The van der Waals surface area contributed by atoms with Crippen molar-refractivity contribution >= 4 is 23.1 Å². The van der Waals surface area contributed by atoms with Gasteiger partial charge >= 0.3 is 0 Å². The van der Waals surface area contributed by atoms with Crippen LogP contribution in [0.1, 0.15) is 24.2 Å². The van der Waals surface area contributed by atoms with E-state index in [1.54, 1.807) is 24.4 Å². The third-order valence-electron chi connectivity index (χ3n) is 3.61. The Kier molecular flexibility index (Phi) is 5.66. The predicted octanol–water partition coefficient (Wildman–Crippen LogP) is 5.00. The topological polar surface area (TPSA) is 63.2 Å². The number of nitrogens with zero attached hydrogens (tertiary/aromatic N) is 1. The zero-order valence-electron chi connectivity index (χ0n) is 15.1. The van der Waals surface area contributed by atoms with Gasteiger partial charge in [-0.1, -0.05) is 6.07 Å². The van der Waals surface area contributed by atoms with Crippen LogP contribution in [0, 0.1) is 5.82 Å². The van der Waals surface area contributed by atoms with Gasteiger partial charge in [0.05, 0.1) is 18.0 Å². The van der Waals surface area contributed by atoms with Crippen LogP contribution in [0.3, 0.4) is 0 Å². The van der Waals surface area contributed by atoms with E-state index in [4.69, 9.17) is 4.74 Å². The van der Waals surface area contributed by atoms with E-state index in [-0.39, 0.29) is 11.7 Å². The van der Waals surface area contributed by atoms with Gasteiger partial charge in [-0.2, -0.15) is 0 Å². The van der Waals surface area contributed by atoms with Crippen LogP contribution in [0.2, 0.25) is 0 Å². The number of pyridine rings is 1. The third-order valence-corrected chi connectivity index (χ3v) is 3.61. The lowest BCUT2D eigenvalue weighted by atomic mass is 10.2. The summed E-state index contributed by atoms with van der Waals surface area (Å²) in [6.07, 6.45) is 1.74. The highest BCUT2D eigenvalue weighted by Crippen LogP contribution is 2.21. The summed E-state index contributed by atoms with van der Waals surface area (Å²) in [5, 5.41) is 5.86. The number of anilines is 3. The molecule has 0 saturated heterocycles. The van der Waals surface area contributed by atoms with E-state index >= 15 is 0 Å². The molecule has 0 bridgehead atoms. The van der Waals surface area contributed by atoms with E-state index in [1.807, 2.05) is 38.1 Å². The quantitative estimate of drug-likeness (QED) is 0.645. The smallest absolute Gasteiger partial charge is 0.256 e. The number of hydrogen-bond donors (Lipinski definition) is 2. The first kappa shape index (κ1) is 18.4. The fourth-order valence-electron chi connectivity index (χ4n) is 2.42. The highest BCUT2D eigenvalue weighted by molar-refractivity contribution is 6.03. The molecule has 0 spiro atoms. The van der Waals surface area contributed by atoms with Gasteiger partial charge in [-0.3, -0.25) is 4.79 Å². The SMILES string of the molecule is CC(C)Oc1ccc(Nc2ccc(NC(=O)c3cccc(F)c3)nc2)cc1. The van der Waals surface area contributed by atoms with E-state index < -0.39 is 11.7 Å². The van der Waals surface area contributed by atoms with E-state index in [1.165, 1.54) is 18.2 Å². The van der Waals surface area contributed by atoms with Gasteiger partial charge in [0.15, 0.2) is 0 Å². The Bertz CT molecular complexity index is 909. The summed E-state index contributed by atoms with van der Waals surface area (Å²) in [6.45, 7) is 3.96. The molecule has 6 heteroatoms. The lowest BCUT2D eigenvalue weighted by Crippen LogP contribution is -2.13. The van der Waals surface area contributed by atoms with Crippen LogP contribution in [0.5, 0.6) is 5.75 Å². The number of nitrogens with one attached hydrogen (secondary N) is 2. The maximum absolute atomic E-state index is 13.2. The van der Waals surface area contributed by atoms with Gasteiger partial charge < -0.3 is 15.4 Å². The molecule has 3 rings (SSSR count). The van der Waals surface area contributed by atoms with Gasteiger partial charge in [0.1, 0.15) is 17.4 Å². The fourth-order valence-corrected chi connectivity index (χ4v) is 2.42. The molecule has 1 aromatic heterocycles. The first-order chi connectivity index (χ1) is 13.0. The fraction of sp³-hybridized carbons (Fsp3) is 0.143. The molecule has 3 aromatic rings. The van der Waals surface area contributed by atoms with Crippen molar-refractivity contribution in [1.82, 2.24) is 4.98 Å². The summed E-state index contributed by atoms with van der Waals surface area (Å²) >= 11 is 0. The van der Waals surface area contributed by atoms with Crippen LogP contribution >= 0.6 is 0 Å². The molecule has 0 atom stereocenters. The molecular weight excluding hydrogens is 345 g/mol. The maximum atomic E-state index is 13.2. The van der Waals surface area contributed by atoms with Crippen molar-refractivity contribution in [2.24, 2.45) is 0 Å². The molecular formula is C21H20FN3O2. The summed E-state index contributed by atoms with van der Waals surface area (Å²) < 4.78 is 18.8. The highest BCUT2D eigenvalue weighted by Gasteiger charge is 2.08. The Labute approximate surface area is 157 Å². The van der Waals surface area contributed by atoms with Crippen molar-refractivity contribution in [2.45, 2.75) is 20.0 Å². The predicted molar refractivity (Wildman–Crippen MR) is 104 cm³/mol. The molecule has 2 aromatic carbocycles. The second-order valence-electron chi connectivity index (χ2n) is 6.21. The van der Waals surface area contributed by atoms with Gasteiger partial charge in [0.2, 0.25) is 0 Å². The molecule has 0 aliphatic heterocycles. The van der Waals surface area contributed by atoms with E-state index in [0.29, 0.717) is 5.82 Å². The summed E-state index contributed by atoms with van der Waals surface area (Å²) in [5.74, 6) is 0.322. The number of rotatable bonds is 6. The third kappa shape index (κ3) is 5.28. The largest absolute Gasteiger partial charge is 0.491 e. The summed E-state index contributed by atoms with van der Waals surface area (Å²) in [6, 6.07) is 16.6. The van der Waals surface area contributed by atoms with Gasteiger partial charge in [-0.25, -0.2) is 9.37 Å². The molecule has 1 amide bonds. The molecule has 27 heavy (non-hydrogen) atoms. The van der Waals surface area contributed by atoms with Crippen molar-refractivity contribution in [3.05, 3.63) is 78.2 Å². The lowest BCUT2D eigenvalue weighted by molar-refractivity contribution is 0.102. The Morgan fingerprint density at radius 2 is 1.78 bits per heavy atom. The first-order valence-electron chi connectivity index (χ1n) is 8.56. The van der Waals surface area contributed by atoms with Crippen molar-refractivity contribution in [3.63, 3.8) is 0 Å². The molecule has 138 valence electrons. The summed E-state index contributed by atoms with van der Waals surface area (Å²) in [5.41, 5.74) is 1.91. The Morgan fingerprint density at radius 1 is 1.04 bits per heavy atom. The van der Waals surface area contributed by atoms with Gasteiger partial charge in [0.25, 0.3) is 5.91 Å². The van der Waals surface area contributed by atoms with Crippen molar-refractivity contribution in [3.8, 4) is 5.75 Å². The molecule has 5 nitrogen and oxygen atoms in total. The van der Waals surface area contributed by atoms with Crippen molar-refractivity contribution in [1.29, 1.82) is 0 Å². The van der Waals surface area contributed by atoms with Crippen molar-refractivity contribution in [2.75, 3.05) is 10.6 Å². The number of hydrogen-bond acceptors (Lipinski definition) is 4. The highest BCUT2D eigenvalue weighted by atomic mass is 19.1. The van der Waals surface area contributed by atoms with Crippen LogP contribution in [0.15, 0.2) is 66.9 Å². The average molecular weight is 365 g/mol. The molecule has 0 aliphatic rings. The van der Waals surface area contributed by atoms with Gasteiger partial charge in [0, 0.05) is 11.3 Å². The molecule has 0 fully saturated rings.